The number of halogens is 2. The van der Waals surface area contributed by atoms with Crippen molar-refractivity contribution in [3.05, 3.63) is 39.7 Å². The summed E-state index contributed by atoms with van der Waals surface area (Å²) in [5, 5.41) is 9.57. The van der Waals surface area contributed by atoms with Gasteiger partial charge in [0.1, 0.15) is 28.0 Å². The molecule has 1 aliphatic heterocycles. The number of aliphatic carboxylic acids is 1. The van der Waals surface area contributed by atoms with E-state index in [1.807, 2.05) is 0 Å². The molecule has 0 amide bonds. The Morgan fingerprint density at radius 1 is 1.34 bits per heavy atom. The van der Waals surface area contributed by atoms with Crippen LogP contribution in [0.4, 0.5) is 10.3 Å². The number of anilines is 1. The van der Waals surface area contributed by atoms with E-state index in [1.54, 1.807) is 12.3 Å². The molecule has 0 bridgehead atoms. The summed E-state index contributed by atoms with van der Waals surface area (Å²) >= 11 is 4.80. The Morgan fingerprint density at radius 2 is 2.14 bits per heavy atom. The van der Waals surface area contributed by atoms with Gasteiger partial charge in [-0.15, -0.1) is 0 Å². The van der Waals surface area contributed by atoms with Crippen LogP contribution < -0.4 is 9.64 Å². The molecule has 1 N–H and O–H groups in total. The Kier molecular flexibility index (Phi) is 5.91. The Balaban J connectivity index is 1.39. The molecule has 0 aliphatic carbocycles. The van der Waals surface area contributed by atoms with Crippen LogP contribution in [-0.4, -0.2) is 45.2 Å². The standard InChI is InChI=1S/C19H18BrFN4O3S/c20-13-2-1-11(21)9-15(13)28-12-5-7-25(8-6-12)19-22-10-14-18(24-19)29-16(23-14)3-4-17(26)27/h1-2,9-10,12H,3-8H2,(H,26,27). The summed E-state index contributed by atoms with van der Waals surface area (Å²) in [5.74, 6) is -0.0167. The molecular weight excluding hydrogens is 463 g/mol. The van der Waals surface area contributed by atoms with Crippen molar-refractivity contribution in [3.8, 4) is 5.75 Å². The van der Waals surface area contributed by atoms with Crippen molar-refractivity contribution in [1.82, 2.24) is 15.0 Å². The van der Waals surface area contributed by atoms with E-state index in [0.717, 1.165) is 40.2 Å². The molecule has 7 nitrogen and oxygen atoms in total. The van der Waals surface area contributed by atoms with Crippen LogP contribution in [0.1, 0.15) is 24.3 Å². The minimum absolute atomic E-state index is 0.000827. The van der Waals surface area contributed by atoms with E-state index in [2.05, 4.69) is 35.8 Å². The third kappa shape index (κ3) is 4.81. The molecule has 3 aromatic rings. The van der Waals surface area contributed by atoms with Gasteiger partial charge in [0.2, 0.25) is 5.95 Å². The van der Waals surface area contributed by atoms with E-state index >= 15 is 0 Å². The number of ether oxygens (including phenoxy) is 1. The second-order valence-corrected chi connectivity index (χ2v) is 8.66. The zero-order valence-corrected chi connectivity index (χ0v) is 17.7. The lowest BCUT2D eigenvalue weighted by atomic mass is 10.1. The van der Waals surface area contributed by atoms with Gasteiger partial charge in [-0.1, -0.05) is 11.3 Å². The first kappa shape index (κ1) is 20.0. The summed E-state index contributed by atoms with van der Waals surface area (Å²) in [5.41, 5.74) is 0.688. The van der Waals surface area contributed by atoms with E-state index in [9.17, 15) is 9.18 Å². The summed E-state index contributed by atoms with van der Waals surface area (Å²) in [7, 11) is 0. The number of carbonyl (C=O) groups is 1. The summed E-state index contributed by atoms with van der Waals surface area (Å²) in [6.45, 7) is 1.46. The average molecular weight is 481 g/mol. The maximum Gasteiger partial charge on any atom is 0.303 e. The predicted molar refractivity (Wildman–Crippen MR) is 111 cm³/mol. The third-order valence-electron chi connectivity index (χ3n) is 4.65. The number of benzene rings is 1. The zero-order chi connectivity index (χ0) is 20.4. The first-order valence-electron chi connectivity index (χ1n) is 9.19. The molecule has 1 fully saturated rings. The fraction of sp³-hybridized carbons (Fsp3) is 0.368. The highest BCUT2D eigenvalue weighted by Crippen LogP contribution is 2.29. The van der Waals surface area contributed by atoms with E-state index in [1.165, 1.54) is 23.5 Å². The normalized spacial score (nSPS) is 15.0. The fourth-order valence-corrected chi connectivity index (χ4v) is 4.41. The number of hydrogen-bond donors (Lipinski definition) is 1. The van der Waals surface area contributed by atoms with Crippen LogP contribution in [0, 0.1) is 5.82 Å². The minimum Gasteiger partial charge on any atom is -0.489 e. The molecule has 1 aromatic carbocycles. The van der Waals surface area contributed by atoms with Gasteiger partial charge in [0.05, 0.1) is 22.1 Å². The second-order valence-electron chi connectivity index (χ2n) is 6.74. The topological polar surface area (TPSA) is 88.4 Å². The van der Waals surface area contributed by atoms with Crippen LogP contribution in [0.15, 0.2) is 28.9 Å². The van der Waals surface area contributed by atoms with Crippen LogP contribution in [0.25, 0.3) is 10.3 Å². The lowest BCUT2D eigenvalue weighted by Crippen LogP contribution is -2.39. The molecule has 152 valence electrons. The number of piperidine rings is 1. The van der Waals surface area contributed by atoms with Gasteiger partial charge in [-0.25, -0.2) is 19.3 Å². The molecule has 29 heavy (non-hydrogen) atoms. The Labute approximate surface area is 178 Å². The van der Waals surface area contributed by atoms with Gasteiger partial charge in [-0.3, -0.25) is 4.79 Å². The number of hydrogen-bond acceptors (Lipinski definition) is 7. The third-order valence-corrected chi connectivity index (χ3v) is 6.33. The number of thiazole rings is 1. The second kappa shape index (κ2) is 8.58. The number of carboxylic acid groups (broad SMARTS) is 1. The van der Waals surface area contributed by atoms with Crippen molar-refractivity contribution in [2.24, 2.45) is 0 Å². The molecule has 1 saturated heterocycles. The van der Waals surface area contributed by atoms with Crippen molar-refractivity contribution < 1.29 is 19.0 Å². The van der Waals surface area contributed by atoms with E-state index < -0.39 is 5.97 Å². The van der Waals surface area contributed by atoms with Gasteiger partial charge in [-0.2, -0.15) is 0 Å². The van der Waals surface area contributed by atoms with Crippen molar-refractivity contribution in [2.75, 3.05) is 18.0 Å². The first-order valence-corrected chi connectivity index (χ1v) is 10.8. The minimum atomic E-state index is -0.841. The van der Waals surface area contributed by atoms with Gasteiger partial charge < -0.3 is 14.7 Å². The van der Waals surface area contributed by atoms with Gasteiger partial charge in [0.15, 0.2) is 0 Å². The monoisotopic (exact) mass is 480 g/mol. The van der Waals surface area contributed by atoms with E-state index in [0.29, 0.717) is 23.6 Å². The Bertz CT molecular complexity index is 1040. The smallest absolute Gasteiger partial charge is 0.303 e. The molecule has 0 spiro atoms. The first-order chi connectivity index (χ1) is 14.0. The van der Waals surface area contributed by atoms with Crippen LogP contribution in [0.5, 0.6) is 5.75 Å². The van der Waals surface area contributed by atoms with Crippen LogP contribution in [0.2, 0.25) is 0 Å². The lowest BCUT2D eigenvalue weighted by Gasteiger charge is -2.32. The maximum atomic E-state index is 13.4. The van der Waals surface area contributed by atoms with Crippen molar-refractivity contribution >= 4 is 49.5 Å². The number of aromatic nitrogens is 3. The van der Waals surface area contributed by atoms with Gasteiger partial charge in [-0.05, 0) is 28.1 Å². The van der Waals surface area contributed by atoms with Crippen LogP contribution in [0.3, 0.4) is 0 Å². The molecule has 3 heterocycles. The molecule has 1 aliphatic rings. The predicted octanol–water partition coefficient (Wildman–Crippen LogP) is 4.05. The molecule has 0 saturated carbocycles. The molecular formula is C19H18BrFN4O3S. The fourth-order valence-electron chi connectivity index (χ4n) is 3.17. The Hall–Kier alpha value is -2.33. The lowest BCUT2D eigenvalue weighted by molar-refractivity contribution is -0.136. The SMILES string of the molecule is O=C(O)CCc1nc2cnc(N3CCC(Oc4cc(F)ccc4Br)CC3)nc2s1. The van der Waals surface area contributed by atoms with Crippen molar-refractivity contribution in [3.63, 3.8) is 0 Å². The highest BCUT2D eigenvalue weighted by molar-refractivity contribution is 9.10. The van der Waals surface area contributed by atoms with Crippen LogP contribution >= 0.6 is 27.3 Å². The van der Waals surface area contributed by atoms with Gasteiger partial charge in [0.25, 0.3) is 0 Å². The van der Waals surface area contributed by atoms with Crippen molar-refractivity contribution in [2.45, 2.75) is 31.8 Å². The summed E-state index contributed by atoms with van der Waals surface area (Å²) < 4.78 is 20.1. The molecule has 0 atom stereocenters. The Morgan fingerprint density at radius 3 is 2.90 bits per heavy atom. The van der Waals surface area contributed by atoms with Gasteiger partial charge in [0, 0.05) is 38.4 Å². The molecule has 2 aromatic heterocycles. The summed E-state index contributed by atoms with van der Waals surface area (Å²) in [4.78, 5) is 27.0. The summed E-state index contributed by atoms with van der Waals surface area (Å²) in [6.07, 6.45) is 3.68. The van der Waals surface area contributed by atoms with Crippen molar-refractivity contribution in [1.29, 1.82) is 0 Å². The maximum absolute atomic E-state index is 13.4. The molecule has 4 rings (SSSR count). The van der Waals surface area contributed by atoms with E-state index in [4.69, 9.17) is 9.84 Å². The average Bonchev–Trinajstić information content (AvgIpc) is 3.12. The summed E-state index contributed by atoms with van der Waals surface area (Å²) in [6, 6.07) is 4.42. The largest absolute Gasteiger partial charge is 0.489 e. The quantitative estimate of drug-likeness (QED) is 0.568. The highest BCUT2D eigenvalue weighted by Gasteiger charge is 2.23. The number of fused-ring (bicyclic) bond motifs is 1. The molecule has 0 unspecified atom stereocenters. The van der Waals surface area contributed by atoms with Crippen LogP contribution in [-0.2, 0) is 11.2 Å². The van der Waals surface area contributed by atoms with Gasteiger partial charge >= 0.3 is 5.97 Å². The number of carboxylic acids is 1. The number of nitrogens with zero attached hydrogens (tertiary/aromatic N) is 4. The van der Waals surface area contributed by atoms with E-state index in [-0.39, 0.29) is 18.3 Å². The number of aryl methyl sites for hydroxylation is 1. The molecule has 0 radical (unpaired) electrons. The zero-order valence-electron chi connectivity index (χ0n) is 15.3. The number of rotatable bonds is 6. The molecule has 10 heteroatoms. The highest BCUT2D eigenvalue weighted by atomic mass is 79.9.